The maximum atomic E-state index is 9.28. The van der Waals surface area contributed by atoms with Crippen LogP contribution in [0.15, 0.2) is 0 Å². The topological polar surface area (TPSA) is 41.5 Å². The Hall–Kier alpha value is -0.120. The van der Waals surface area contributed by atoms with E-state index in [-0.39, 0.29) is 12.1 Å². The van der Waals surface area contributed by atoms with Crippen LogP contribution in [-0.2, 0) is 4.74 Å². The molecule has 0 radical (unpaired) electrons. The molecule has 0 aromatic rings. The van der Waals surface area contributed by atoms with Gasteiger partial charge in [0.2, 0.25) is 0 Å². The third-order valence-corrected chi connectivity index (χ3v) is 3.94. The fraction of sp³-hybridized carbons (Fsp3) is 1.00. The van der Waals surface area contributed by atoms with Gasteiger partial charge in [-0.2, -0.15) is 0 Å². The van der Waals surface area contributed by atoms with Crippen LogP contribution >= 0.6 is 0 Å². The third kappa shape index (κ3) is 10.3. The van der Waals surface area contributed by atoms with Gasteiger partial charge in [0.25, 0.3) is 0 Å². The summed E-state index contributed by atoms with van der Waals surface area (Å²) in [6.45, 7) is 7.52. The van der Waals surface area contributed by atoms with Crippen LogP contribution in [0, 0.1) is 0 Å². The first-order chi connectivity index (χ1) is 9.08. The molecule has 0 amide bonds. The summed E-state index contributed by atoms with van der Waals surface area (Å²) in [5.74, 6) is 0. The monoisotopic (exact) mass is 273 g/mol. The molecule has 0 saturated heterocycles. The highest BCUT2D eigenvalue weighted by atomic mass is 16.5. The van der Waals surface area contributed by atoms with Gasteiger partial charge in [-0.05, 0) is 46.6 Å². The smallest absolute Gasteiger partial charge is 0.0610 e. The molecule has 0 aromatic heterocycles. The predicted octanol–water partition coefficient (Wildman–Crippen LogP) is 3.50. The highest BCUT2D eigenvalue weighted by Gasteiger charge is 2.19. The van der Waals surface area contributed by atoms with E-state index >= 15 is 0 Å². The molecule has 19 heavy (non-hydrogen) atoms. The number of ether oxygens (including phenoxy) is 1. The van der Waals surface area contributed by atoms with Gasteiger partial charge >= 0.3 is 0 Å². The highest BCUT2D eigenvalue weighted by Crippen LogP contribution is 2.13. The zero-order valence-corrected chi connectivity index (χ0v) is 13.5. The van der Waals surface area contributed by atoms with Gasteiger partial charge in [0.1, 0.15) is 0 Å². The van der Waals surface area contributed by atoms with Crippen molar-refractivity contribution in [3.8, 4) is 0 Å². The maximum Gasteiger partial charge on any atom is 0.0610 e. The summed E-state index contributed by atoms with van der Waals surface area (Å²) < 4.78 is 5.82. The molecule has 2 atom stereocenters. The predicted molar refractivity (Wildman–Crippen MR) is 82.6 cm³/mol. The maximum absolute atomic E-state index is 9.28. The second kappa shape index (κ2) is 11.7. The largest absolute Gasteiger partial charge is 0.394 e. The Bertz CT molecular complexity index is 193. The van der Waals surface area contributed by atoms with Crippen molar-refractivity contribution in [2.75, 3.05) is 20.3 Å². The number of aliphatic hydroxyl groups is 1. The zero-order chi connectivity index (χ0) is 14.6. The Kier molecular flexibility index (Phi) is 11.6. The van der Waals surface area contributed by atoms with Crippen molar-refractivity contribution in [1.29, 1.82) is 0 Å². The van der Waals surface area contributed by atoms with Crippen molar-refractivity contribution in [3.63, 3.8) is 0 Å². The molecular weight excluding hydrogens is 238 g/mol. The SMILES string of the molecule is CCCCCCC(C)OCCCCC(C)(CO)NC. The molecule has 2 unspecified atom stereocenters. The van der Waals surface area contributed by atoms with Crippen LogP contribution in [0.5, 0.6) is 0 Å². The van der Waals surface area contributed by atoms with E-state index in [0.29, 0.717) is 6.10 Å². The van der Waals surface area contributed by atoms with E-state index in [4.69, 9.17) is 4.74 Å². The van der Waals surface area contributed by atoms with Crippen LogP contribution < -0.4 is 5.32 Å². The molecule has 0 aliphatic rings. The Morgan fingerprint density at radius 3 is 2.47 bits per heavy atom. The summed E-state index contributed by atoms with van der Waals surface area (Å²) in [5, 5.41) is 12.5. The number of rotatable bonds is 13. The van der Waals surface area contributed by atoms with Crippen LogP contribution in [0.3, 0.4) is 0 Å². The summed E-state index contributed by atoms with van der Waals surface area (Å²) >= 11 is 0. The number of aliphatic hydroxyl groups excluding tert-OH is 1. The van der Waals surface area contributed by atoms with E-state index < -0.39 is 0 Å². The standard InChI is InChI=1S/C16H35NO2/c1-5-6-7-8-11-15(2)19-13-10-9-12-16(3,14-18)17-4/h15,17-18H,5-14H2,1-4H3. The summed E-state index contributed by atoms with van der Waals surface area (Å²) in [6.07, 6.45) is 10.0. The minimum atomic E-state index is -0.133. The van der Waals surface area contributed by atoms with Gasteiger partial charge in [-0.25, -0.2) is 0 Å². The van der Waals surface area contributed by atoms with Crippen LogP contribution in [0.25, 0.3) is 0 Å². The molecule has 0 aromatic carbocycles. The Labute approximate surface area is 120 Å². The van der Waals surface area contributed by atoms with E-state index in [1.807, 2.05) is 7.05 Å². The molecule has 0 spiro atoms. The van der Waals surface area contributed by atoms with Gasteiger partial charge in [-0.1, -0.05) is 32.6 Å². The van der Waals surface area contributed by atoms with Gasteiger partial charge < -0.3 is 15.2 Å². The molecule has 0 fully saturated rings. The van der Waals surface area contributed by atoms with Gasteiger partial charge in [-0.15, -0.1) is 0 Å². The zero-order valence-electron chi connectivity index (χ0n) is 13.5. The Balaban J connectivity index is 3.43. The van der Waals surface area contributed by atoms with Gasteiger partial charge in [-0.3, -0.25) is 0 Å². The number of unbranched alkanes of at least 4 members (excludes halogenated alkanes) is 4. The average molecular weight is 273 g/mol. The lowest BCUT2D eigenvalue weighted by molar-refractivity contribution is 0.0540. The second-order valence-electron chi connectivity index (χ2n) is 5.96. The van der Waals surface area contributed by atoms with Crippen molar-refractivity contribution in [1.82, 2.24) is 5.32 Å². The minimum Gasteiger partial charge on any atom is -0.394 e. The first kappa shape index (κ1) is 18.9. The number of likely N-dealkylation sites (N-methyl/N-ethyl adjacent to an activating group) is 1. The first-order valence-corrected chi connectivity index (χ1v) is 7.99. The lowest BCUT2D eigenvalue weighted by Gasteiger charge is -2.26. The molecule has 0 rings (SSSR count). The van der Waals surface area contributed by atoms with Gasteiger partial charge in [0.15, 0.2) is 0 Å². The lowest BCUT2D eigenvalue weighted by atomic mass is 9.96. The number of hydrogen-bond donors (Lipinski definition) is 2. The molecular formula is C16H35NO2. The number of hydrogen-bond acceptors (Lipinski definition) is 3. The van der Waals surface area contributed by atoms with E-state index in [1.165, 1.54) is 32.1 Å². The fourth-order valence-corrected chi connectivity index (χ4v) is 2.13. The normalized spacial score (nSPS) is 16.3. The van der Waals surface area contributed by atoms with Crippen molar-refractivity contribution in [3.05, 3.63) is 0 Å². The highest BCUT2D eigenvalue weighted by molar-refractivity contribution is 4.79. The molecule has 0 bridgehead atoms. The Morgan fingerprint density at radius 1 is 1.16 bits per heavy atom. The van der Waals surface area contributed by atoms with E-state index in [2.05, 4.69) is 26.1 Å². The molecule has 0 saturated carbocycles. The molecule has 0 heterocycles. The summed E-state index contributed by atoms with van der Waals surface area (Å²) in [4.78, 5) is 0. The lowest BCUT2D eigenvalue weighted by Crippen LogP contribution is -2.43. The molecule has 3 nitrogen and oxygen atoms in total. The molecule has 3 heteroatoms. The number of nitrogens with one attached hydrogen (secondary N) is 1. The average Bonchev–Trinajstić information content (AvgIpc) is 2.43. The summed E-state index contributed by atoms with van der Waals surface area (Å²) in [7, 11) is 1.91. The van der Waals surface area contributed by atoms with Crippen LogP contribution in [0.2, 0.25) is 0 Å². The van der Waals surface area contributed by atoms with E-state index in [0.717, 1.165) is 25.9 Å². The van der Waals surface area contributed by atoms with Crippen molar-refractivity contribution in [2.45, 2.75) is 83.8 Å². The molecule has 0 aliphatic heterocycles. The van der Waals surface area contributed by atoms with Gasteiger partial charge in [0.05, 0.1) is 12.7 Å². The fourth-order valence-electron chi connectivity index (χ4n) is 2.13. The van der Waals surface area contributed by atoms with Crippen molar-refractivity contribution in [2.24, 2.45) is 0 Å². The van der Waals surface area contributed by atoms with Crippen molar-refractivity contribution >= 4 is 0 Å². The minimum absolute atomic E-state index is 0.133. The van der Waals surface area contributed by atoms with Crippen LogP contribution in [0.4, 0.5) is 0 Å². The Morgan fingerprint density at radius 2 is 1.89 bits per heavy atom. The van der Waals surface area contributed by atoms with E-state index in [1.54, 1.807) is 0 Å². The third-order valence-electron chi connectivity index (χ3n) is 3.94. The van der Waals surface area contributed by atoms with Crippen molar-refractivity contribution < 1.29 is 9.84 Å². The molecule has 2 N–H and O–H groups in total. The molecule has 116 valence electrons. The molecule has 0 aliphatic carbocycles. The van der Waals surface area contributed by atoms with Crippen LogP contribution in [0.1, 0.15) is 72.1 Å². The van der Waals surface area contributed by atoms with E-state index in [9.17, 15) is 5.11 Å². The van der Waals surface area contributed by atoms with Crippen LogP contribution in [-0.4, -0.2) is 37.0 Å². The van der Waals surface area contributed by atoms with Gasteiger partial charge in [0, 0.05) is 12.1 Å². The summed E-state index contributed by atoms with van der Waals surface area (Å²) in [6, 6.07) is 0. The first-order valence-electron chi connectivity index (χ1n) is 7.99. The quantitative estimate of drug-likeness (QED) is 0.505. The second-order valence-corrected chi connectivity index (χ2v) is 5.96. The summed E-state index contributed by atoms with van der Waals surface area (Å²) in [5.41, 5.74) is -0.133.